The third kappa shape index (κ3) is 3.21. The van der Waals surface area contributed by atoms with Gasteiger partial charge in [0.1, 0.15) is 0 Å². The smallest absolute Gasteiger partial charge is 0.0300 e. The third-order valence-electron chi connectivity index (χ3n) is 4.56. The van der Waals surface area contributed by atoms with Crippen LogP contribution in [0.3, 0.4) is 0 Å². The van der Waals surface area contributed by atoms with Gasteiger partial charge in [-0.2, -0.15) is 0 Å². The van der Waals surface area contributed by atoms with Gasteiger partial charge < -0.3 is 5.32 Å². The van der Waals surface area contributed by atoms with Crippen LogP contribution in [0.2, 0.25) is 0 Å². The van der Waals surface area contributed by atoms with Gasteiger partial charge >= 0.3 is 0 Å². The Kier molecular flexibility index (Phi) is 5.19. The maximum Gasteiger partial charge on any atom is 0.0300 e. The van der Waals surface area contributed by atoms with Gasteiger partial charge in [-0.05, 0) is 36.1 Å². The van der Waals surface area contributed by atoms with Crippen molar-refractivity contribution in [3.63, 3.8) is 0 Å². The van der Waals surface area contributed by atoms with Crippen LogP contribution in [0, 0.1) is 5.92 Å². The number of nitrogens with one attached hydrogen (secondary N) is 1. The fourth-order valence-corrected chi connectivity index (χ4v) is 3.24. The van der Waals surface area contributed by atoms with E-state index in [1.165, 1.54) is 29.2 Å². The standard InChI is InChI=1S/C19H27N/c1-5-16(6-2)14(3)20-15(4)18-13-9-11-17-10-7-8-12-19(17)18/h7-16,20H,5-6H2,1-4H3. The van der Waals surface area contributed by atoms with Crippen molar-refractivity contribution in [1.29, 1.82) is 0 Å². The summed E-state index contributed by atoms with van der Waals surface area (Å²) < 4.78 is 0. The van der Waals surface area contributed by atoms with Crippen molar-refractivity contribution in [2.45, 2.75) is 52.6 Å². The molecule has 2 unspecified atom stereocenters. The predicted molar refractivity (Wildman–Crippen MR) is 89.0 cm³/mol. The third-order valence-corrected chi connectivity index (χ3v) is 4.56. The molecule has 0 aliphatic heterocycles. The highest BCUT2D eigenvalue weighted by Crippen LogP contribution is 2.25. The first-order chi connectivity index (χ1) is 9.67. The number of fused-ring (bicyclic) bond motifs is 1. The van der Waals surface area contributed by atoms with E-state index >= 15 is 0 Å². The molecule has 0 amide bonds. The fourth-order valence-electron chi connectivity index (χ4n) is 3.24. The van der Waals surface area contributed by atoms with Crippen LogP contribution in [0.1, 0.15) is 52.1 Å². The van der Waals surface area contributed by atoms with Crippen molar-refractivity contribution in [3.8, 4) is 0 Å². The molecule has 1 N–H and O–H groups in total. The van der Waals surface area contributed by atoms with Crippen LogP contribution in [-0.2, 0) is 0 Å². The van der Waals surface area contributed by atoms with Crippen molar-refractivity contribution in [3.05, 3.63) is 48.0 Å². The minimum atomic E-state index is 0.386. The molecule has 20 heavy (non-hydrogen) atoms. The lowest BCUT2D eigenvalue weighted by Crippen LogP contribution is -2.35. The molecule has 0 fully saturated rings. The zero-order chi connectivity index (χ0) is 14.5. The minimum Gasteiger partial charge on any atom is -0.307 e. The van der Waals surface area contributed by atoms with E-state index in [1.54, 1.807) is 0 Å². The fraction of sp³-hybridized carbons (Fsp3) is 0.474. The molecule has 108 valence electrons. The zero-order valence-corrected chi connectivity index (χ0v) is 13.2. The summed E-state index contributed by atoms with van der Waals surface area (Å²) in [5.41, 5.74) is 1.40. The van der Waals surface area contributed by atoms with E-state index in [0.29, 0.717) is 12.1 Å². The van der Waals surface area contributed by atoms with Gasteiger partial charge in [0.05, 0.1) is 0 Å². The molecule has 2 aromatic carbocycles. The van der Waals surface area contributed by atoms with Gasteiger partial charge in [0, 0.05) is 12.1 Å². The Balaban J connectivity index is 2.21. The van der Waals surface area contributed by atoms with Gasteiger partial charge in [-0.15, -0.1) is 0 Å². The molecule has 0 aliphatic carbocycles. The Morgan fingerprint density at radius 3 is 2.25 bits per heavy atom. The first-order valence-corrected chi connectivity index (χ1v) is 7.91. The number of hydrogen-bond donors (Lipinski definition) is 1. The molecule has 0 heterocycles. The van der Waals surface area contributed by atoms with E-state index < -0.39 is 0 Å². The predicted octanol–water partition coefficient (Wildman–Crippen LogP) is 5.32. The van der Waals surface area contributed by atoms with Gasteiger partial charge in [0.15, 0.2) is 0 Å². The Labute approximate surface area is 123 Å². The highest BCUT2D eigenvalue weighted by atomic mass is 14.9. The molecule has 0 saturated carbocycles. The Morgan fingerprint density at radius 2 is 1.55 bits per heavy atom. The molecule has 0 bridgehead atoms. The second-order valence-corrected chi connectivity index (χ2v) is 5.82. The van der Waals surface area contributed by atoms with Crippen LogP contribution in [0.15, 0.2) is 42.5 Å². The van der Waals surface area contributed by atoms with E-state index in [1.807, 2.05) is 0 Å². The molecule has 0 saturated heterocycles. The number of rotatable bonds is 6. The molecular weight excluding hydrogens is 242 g/mol. The Hall–Kier alpha value is -1.34. The summed E-state index contributed by atoms with van der Waals surface area (Å²) in [6.07, 6.45) is 2.49. The topological polar surface area (TPSA) is 12.0 Å². The average Bonchev–Trinajstić information content (AvgIpc) is 2.47. The first kappa shape index (κ1) is 15.1. The number of hydrogen-bond acceptors (Lipinski definition) is 1. The van der Waals surface area contributed by atoms with Crippen molar-refractivity contribution >= 4 is 10.8 Å². The van der Waals surface area contributed by atoms with Crippen LogP contribution >= 0.6 is 0 Å². The summed E-state index contributed by atoms with van der Waals surface area (Å²) in [5.74, 6) is 0.757. The maximum atomic E-state index is 3.79. The van der Waals surface area contributed by atoms with E-state index in [-0.39, 0.29) is 0 Å². The second-order valence-electron chi connectivity index (χ2n) is 5.82. The van der Waals surface area contributed by atoms with Crippen molar-refractivity contribution < 1.29 is 0 Å². The lowest BCUT2D eigenvalue weighted by atomic mass is 9.93. The van der Waals surface area contributed by atoms with Gasteiger partial charge in [-0.1, -0.05) is 69.2 Å². The van der Waals surface area contributed by atoms with Crippen LogP contribution in [0.4, 0.5) is 0 Å². The average molecular weight is 269 g/mol. The summed E-state index contributed by atoms with van der Waals surface area (Å²) in [6, 6.07) is 16.2. The number of benzene rings is 2. The quantitative estimate of drug-likeness (QED) is 0.749. The molecule has 2 atom stereocenters. The van der Waals surface area contributed by atoms with E-state index in [0.717, 1.165) is 5.92 Å². The minimum absolute atomic E-state index is 0.386. The van der Waals surface area contributed by atoms with Crippen LogP contribution in [0.5, 0.6) is 0 Å². The normalized spacial score (nSPS) is 14.7. The van der Waals surface area contributed by atoms with Crippen molar-refractivity contribution in [1.82, 2.24) is 5.32 Å². The highest BCUT2D eigenvalue weighted by molar-refractivity contribution is 5.86. The van der Waals surface area contributed by atoms with Crippen molar-refractivity contribution in [2.24, 2.45) is 5.92 Å². The maximum absolute atomic E-state index is 3.79. The molecule has 0 radical (unpaired) electrons. The van der Waals surface area contributed by atoms with Crippen LogP contribution in [0.25, 0.3) is 10.8 Å². The molecule has 2 rings (SSSR count). The molecular formula is C19H27N. The van der Waals surface area contributed by atoms with Gasteiger partial charge in [0.2, 0.25) is 0 Å². The summed E-state index contributed by atoms with van der Waals surface area (Å²) in [4.78, 5) is 0. The zero-order valence-electron chi connectivity index (χ0n) is 13.2. The summed E-state index contributed by atoms with van der Waals surface area (Å²) in [6.45, 7) is 9.17. The molecule has 0 aromatic heterocycles. The Morgan fingerprint density at radius 1 is 0.900 bits per heavy atom. The summed E-state index contributed by atoms with van der Waals surface area (Å²) in [7, 11) is 0. The lowest BCUT2D eigenvalue weighted by Gasteiger charge is -2.27. The van der Waals surface area contributed by atoms with Gasteiger partial charge in [0.25, 0.3) is 0 Å². The molecule has 1 heteroatoms. The summed E-state index contributed by atoms with van der Waals surface area (Å²) in [5, 5.41) is 6.49. The molecule has 2 aromatic rings. The second kappa shape index (κ2) is 6.90. The van der Waals surface area contributed by atoms with Crippen molar-refractivity contribution in [2.75, 3.05) is 0 Å². The van der Waals surface area contributed by atoms with Crippen LogP contribution in [-0.4, -0.2) is 6.04 Å². The van der Waals surface area contributed by atoms with Gasteiger partial charge in [-0.25, -0.2) is 0 Å². The monoisotopic (exact) mass is 269 g/mol. The van der Waals surface area contributed by atoms with E-state index in [4.69, 9.17) is 0 Å². The van der Waals surface area contributed by atoms with E-state index in [9.17, 15) is 0 Å². The Bertz CT molecular complexity index is 537. The van der Waals surface area contributed by atoms with Crippen LogP contribution < -0.4 is 5.32 Å². The van der Waals surface area contributed by atoms with E-state index in [2.05, 4.69) is 75.5 Å². The van der Waals surface area contributed by atoms with Gasteiger partial charge in [-0.3, -0.25) is 0 Å². The SMILES string of the molecule is CCC(CC)C(C)NC(C)c1cccc2ccccc12. The lowest BCUT2D eigenvalue weighted by molar-refractivity contribution is 0.331. The highest BCUT2D eigenvalue weighted by Gasteiger charge is 2.17. The molecule has 1 nitrogen and oxygen atoms in total. The summed E-state index contributed by atoms with van der Waals surface area (Å²) >= 11 is 0. The largest absolute Gasteiger partial charge is 0.307 e. The molecule has 0 aliphatic rings. The first-order valence-electron chi connectivity index (χ1n) is 7.91. The molecule has 0 spiro atoms.